The molecule has 0 aromatic rings. The standard InChI is InChI=1S/C13H21NO3/c1-3-5-6-12(15)14-9-7-11(8-10-14)13(16)17-4-2/h3,11H,1,4-10H2,2H3. The molecule has 1 amide bonds. The minimum atomic E-state index is -0.120. The lowest BCUT2D eigenvalue weighted by Crippen LogP contribution is -2.40. The summed E-state index contributed by atoms with van der Waals surface area (Å²) in [5, 5.41) is 0. The number of hydrogen-bond donors (Lipinski definition) is 0. The summed E-state index contributed by atoms with van der Waals surface area (Å²) in [7, 11) is 0. The van der Waals surface area contributed by atoms with Crippen molar-refractivity contribution in [1.29, 1.82) is 0 Å². The Balaban J connectivity index is 2.32. The Morgan fingerprint density at radius 2 is 2.06 bits per heavy atom. The molecule has 0 atom stereocenters. The highest BCUT2D eigenvalue weighted by atomic mass is 16.5. The van der Waals surface area contributed by atoms with E-state index in [1.165, 1.54) is 0 Å². The van der Waals surface area contributed by atoms with Gasteiger partial charge in [-0.25, -0.2) is 0 Å². The SMILES string of the molecule is C=CCCC(=O)N1CCC(C(=O)OCC)CC1. The zero-order valence-corrected chi connectivity index (χ0v) is 10.5. The highest BCUT2D eigenvalue weighted by Gasteiger charge is 2.27. The van der Waals surface area contributed by atoms with Crippen molar-refractivity contribution in [3.63, 3.8) is 0 Å². The van der Waals surface area contributed by atoms with Gasteiger partial charge in [0.05, 0.1) is 12.5 Å². The molecule has 0 bridgehead atoms. The fourth-order valence-electron chi connectivity index (χ4n) is 2.01. The van der Waals surface area contributed by atoms with E-state index in [0.717, 1.165) is 19.3 Å². The smallest absolute Gasteiger partial charge is 0.309 e. The van der Waals surface area contributed by atoms with Gasteiger partial charge in [0.25, 0.3) is 0 Å². The van der Waals surface area contributed by atoms with Crippen LogP contribution in [0, 0.1) is 5.92 Å². The van der Waals surface area contributed by atoms with Crippen molar-refractivity contribution in [1.82, 2.24) is 4.90 Å². The molecule has 1 aliphatic heterocycles. The predicted molar refractivity (Wildman–Crippen MR) is 65.4 cm³/mol. The van der Waals surface area contributed by atoms with Gasteiger partial charge in [0.15, 0.2) is 0 Å². The number of piperidine rings is 1. The maximum absolute atomic E-state index is 11.7. The number of carbonyl (C=O) groups excluding carboxylic acids is 2. The monoisotopic (exact) mass is 239 g/mol. The molecule has 1 aliphatic rings. The fourth-order valence-corrected chi connectivity index (χ4v) is 2.01. The summed E-state index contributed by atoms with van der Waals surface area (Å²) in [6, 6.07) is 0. The van der Waals surface area contributed by atoms with Crippen LogP contribution in [-0.4, -0.2) is 36.5 Å². The fraction of sp³-hybridized carbons (Fsp3) is 0.692. The lowest BCUT2D eigenvalue weighted by Gasteiger charge is -2.30. The Morgan fingerprint density at radius 3 is 2.59 bits per heavy atom. The highest BCUT2D eigenvalue weighted by Crippen LogP contribution is 2.19. The normalized spacial score (nSPS) is 16.6. The number of hydrogen-bond acceptors (Lipinski definition) is 3. The molecule has 4 heteroatoms. The van der Waals surface area contributed by atoms with Crippen LogP contribution >= 0.6 is 0 Å². The first-order valence-corrected chi connectivity index (χ1v) is 6.24. The summed E-state index contributed by atoms with van der Waals surface area (Å²) in [5.41, 5.74) is 0. The van der Waals surface area contributed by atoms with Crippen LogP contribution in [0.25, 0.3) is 0 Å². The quantitative estimate of drug-likeness (QED) is 0.542. The van der Waals surface area contributed by atoms with Gasteiger partial charge in [-0.2, -0.15) is 0 Å². The maximum atomic E-state index is 11.7. The van der Waals surface area contributed by atoms with Gasteiger partial charge >= 0.3 is 5.97 Å². The van der Waals surface area contributed by atoms with Crippen molar-refractivity contribution in [3.8, 4) is 0 Å². The number of nitrogens with zero attached hydrogens (tertiary/aromatic N) is 1. The van der Waals surface area contributed by atoms with Crippen LogP contribution in [0.3, 0.4) is 0 Å². The van der Waals surface area contributed by atoms with Crippen molar-refractivity contribution in [2.45, 2.75) is 32.6 Å². The minimum Gasteiger partial charge on any atom is -0.466 e. The summed E-state index contributed by atoms with van der Waals surface area (Å²) in [6.45, 7) is 7.17. The zero-order valence-electron chi connectivity index (χ0n) is 10.5. The van der Waals surface area contributed by atoms with Gasteiger partial charge in [0.2, 0.25) is 5.91 Å². The lowest BCUT2D eigenvalue weighted by atomic mass is 9.97. The molecule has 4 nitrogen and oxygen atoms in total. The third-order valence-corrected chi connectivity index (χ3v) is 3.03. The largest absolute Gasteiger partial charge is 0.466 e. The number of rotatable bonds is 5. The molecular weight excluding hydrogens is 218 g/mol. The van der Waals surface area contributed by atoms with Crippen LogP contribution in [0.1, 0.15) is 32.6 Å². The number of ether oxygens (including phenoxy) is 1. The van der Waals surface area contributed by atoms with Crippen LogP contribution in [0.15, 0.2) is 12.7 Å². The molecule has 0 radical (unpaired) electrons. The highest BCUT2D eigenvalue weighted by molar-refractivity contribution is 5.77. The molecule has 0 saturated carbocycles. The van der Waals surface area contributed by atoms with Crippen LogP contribution in [-0.2, 0) is 14.3 Å². The molecule has 0 spiro atoms. The van der Waals surface area contributed by atoms with E-state index >= 15 is 0 Å². The average molecular weight is 239 g/mol. The maximum Gasteiger partial charge on any atom is 0.309 e. The van der Waals surface area contributed by atoms with E-state index in [2.05, 4.69) is 6.58 Å². The van der Waals surface area contributed by atoms with Crippen molar-refractivity contribution in [2.24, 2.45) is 5.92 Å². The van der Waals surface area contributed by atoms with Gasteiger partial charge in [0.1, 0.15) is 0 Å². The molecular formula is C13H21NO3. The predicted octanol–water partition coefficient (Wildman–Crippen LogP) is 1.75. The van der Waals surface area contributed by atoms with Crippen molar-refractivity contribution >= 4 is 11.9 Å². The van der Waals surface area contributed by atoms with E-state index < -0.39 is 0 Å². The number of amides is 1. The van der Waals surface area contributed by atoms with E-state index in [-0.39, 0.29) is 17.8 Å². The number of esters is 1. The average Bonchev–Trinajstić information content (AvgIpc) is 2.36. The van der Waals surface area contributed by atoms with E-state index in [9.17, 15) is 9.59 Å². The molecule has 1 saturated heterocycles. The van der Waals surface area contributed by atoms with Crippen LogP contribution in [0.2, 0.25) is 0 Å². The van der Waals surface area contributed by atoms with E-state index in [1.54, 1.807) is 6.08 Å². The molecule has 17 heavy (non-hydrogen) atoms. The second kappa shape index (κ2) is 7.09. The lowest BCUT2D eigenvalue weighted by molar-refractivity contribution is -0.151. The molecule has 0 aromatic carbocycles. The molecule has 1 fully saturated rings. The number of allylic oxidation sites excluding steroid dienone is 1. The van der Waals surface area contributed by atoms with E-state index in [1.807, 2.05) is 11.8 Å². The Hall–Kier alpha value is -1.32. The first-order valence-electron chi connectivity index (χ1n) is 6.24. The van der Waals surface area contributed by atoms with Gasteiger partial charge in [-0.15, -0.1) is 6.58 Å². The number of carbonyl (C=O) groups is 2. The molecule has 0 aliphatic carbocycles. The van der Waals surface area contributed by atoms with Crippen LogP contribution < -0.4 is 0 Å². The second-order valence-corrected chi connectivity index (χ2v) is 4.23. The van der Waals surface area contributed by atoms with Crippen molar-refractivity contribution in [2.75, 3.05) is 19.7 Å². The van der Waals surface area contributed by atoms with Gasteiger partial charge in [-0.3, -0.25) is 9.59 Å². The Kier molecular flexibility index (Phi) is 5.73. The summed E-state index contributed by atoms with van der Waals surface area (Å²) < 4.78 is 4.99. The first kappa shape index (κ1) is 13.7. The van der Waals surface area contributed by atoms with Gasteiger partial charge in [0, 0.05) is 19.5 Å². The number of likely N-dealkylation sites (tertiary alicyclic amines) is 1. The molecule has 1 heterocycles. The van der Waals surface area contributed by atoms with Gasteiger partial charge < -0.3 is 9.64 Å². The van der Waals surface area contributed by atoms with E-state index in [4.69, 9.17) is 4.74 Å². The summed E-state index contributed by atoms with van der Waals surface area (Å²) in [6.07, 6.45) is 4.44. The summed E-state index contributed by atoms with van der Waals surface area (Å²) >= 11 is 0. The van der Waals surface area contributed by atoms with Crippen LogP contribution in [0.5, 0.6) is 0 Å². The Morgan fingerprint density at radius 1 is 1.41 bits per heavy atom. The first-order chi connectivity index (χ1) is 8.19. The molecule has 1 rings (SSSR count). The zero-order chi connectivity index (χ0) is 12.7. The summed E-state index contributed by atoms with van der Waals surface area (Å²) in [5.74, 6) is 0.0105. The van der Waals surface area contributed by atoms with E-state index in [0.29, 0.717) is 26.1 Å². The third-order valence-electron chi connectivity index (χ3n) is 3.03. The summed E-state index contributed by atoms with van der Waals surface area (Å²) in [4.78, 5) is 25.1. The third kappa shape index (κ3) is 4.21. The Labute approximate surface area is 103 Å². The van der Waals surface area contributed by atoms with Gasteiger partial charge in [-0.1, -0.05) is 6.08 Å². The molecule has 96 valence electrons. The Bertz CT molecular complexity index is 280. The molecule has 0 N–H and O–H groups in total. The van der Waals surface area contributed by atoms with Crippen LogP contribution in [0.4, 0.5) is 0 Å². The molecule has 0 unspecified atom stereocenters. The van der Waals surface area contributed by atoms with Gasteiger partial charge in [-0.05, 0) is 26.2 Å². The molecule has 0 aromatic heterocycles. The second-order valence-electron chi connectivity index (χ2n) is 4.23. The van der Waals surface area contributed by atoms with Crippen molar-refractivity contribution < 1.29 is 14.3 Å². The topological polar surface area (TPSA) is 46.6 Å². The van der Waals surface area contributed by atoms with Crippen molar-refractivity contribution in [3.05, 3.63) is 12.7 Å². The minimum absolute atomic E-state index is 0.0293.